The summed E-state index contributed by atoms with van der Waals surface area (Å²) in [5.74, 6) is 0.519. The Bertz CT molecular complexity index is 1220. The van der Waals surface area contributed by atoms with Crippen LogP contribution in [0, 0.1) is 0 Å². The molecule has 0 aromatic carbocycles. The Kier molecular flexibility index (Phi) is 6.79. The Morgan fingerprint density at radius 1 is 1.18 bits per heavy atom. The number of aliphatic hydroxyl groups is 1. The van der Waals surface area contributed by atoms with E-state index in [1.165, 1.54) is 0 Å². The molecule has 0 spiro atoms. The second-order valence-electron chi connectivity index (χ2n) is 9.17. The smallest absolute Gasteiger partial charge is 0.330 e. The predicted molar refractivity (Wildman–Crippen MR) is 129 cm³/mol. The van der Waals surface area contributed by atoms with E-state index >= 15 is 0 Å². The van der Waals surface area contributed by atoms with Crippen LogP contribution in [0.5, 0.6) is 0 Å². The molecule has 0 bridgehead atoms. The first-order valence-electron chi connectivity index (χ1n) is 12.1. The van der Waals surface area contributed by atoms with Gasteiger partial charge in [0.05, 0.1) is 17.3 Å². The second kappa shape index (κ2) is 9.96. The fourth-order valence-corrected chi connectivity index (χ4v) is 6.27. The number of hydrogen-bond donors (Lipinski definition) is 2. The van der Waals surface area contributed by atoms with Crippen LogP contribution in [0.15, 0.2) is 28.3 Å². The van der Waals surface area contributed by atoms with Crippen molar-refractivity contribution >= 4 is 28.1 Å². The molecule has 0 amide bonds. The summed E-state index contributed by atoms with van der Waals surface area (Å²) in [5, 5.41) is 16.8. The maximum Gasteiger partial charge on any atom is 0.330 e. The molecule has 1 atom stereocenters. The minimum Gasteiger partial charge on any atom is -0.396 e. The first-order chi connectivity index (χ1) is 16.5. The van der Waals surface area contributed by atoms with Gasteiger partial charge in [-0.05, 0) is 32.1 Å². The van der Waals surface area contributed by atoms with Gasteiger partial charge >= 0.3 is 5.69 Å². The van der Waals surface area contributed by atoms with Gasteiger partial charge in [0.15, 0.2) is 5.65 Å². The van der Waals surface area contributed by atoms with Crippen LogP contribution in [-0.4, -0.2) is 68.2 Å². The Labute approximate surface area is 200 Å². The first-order valence-corrected chi connectivity index (χ1v) is 13.2. The molecule has 2 aliphatic rings. The predicted octanol–water partition coefficient (Wildman–Crippen LogP) is 1.42. The lowest BCUT2D eigenvalue weighted by Gasteiger charge is -2.30. The number of nitrogens with zero attached hydrogens (tertiary/aromatic N) is 7. The van der Waals surface area contributed by atoms with Crippen molar-refractivity contribution < 1.29 is 9.32 Å². The molecule has 34 heavy (non-hydrogen) atoms. The number of piperidine rings is 1. The van der Waals surface area contributed by atoms with Crippen molar-refractivity contribution in [1.82, 2.24) is 33.2 Å². The van der Waals surface area contributed by atoms with Gasteiger partial charge in [-0.15, -0.1) is 0 Å². The van der Waals surface area contributed by atoms with Gasteiger partial charge in [0.25, 0.3) is 0 Å². The van der Waals surface area contributed by atoms with E-state index in [0.717, 1.165) is 48.9 Å². The fourth-order valence-electron chi connectivity index (χ4n) is 5.05. The molecular weight excluding hydrogens is 456 g/mol. The second-order valence-corrected chi connectivity index (χ2v) is 10.7. The van der Waals surface area contributed by atoms with Crippen molar-refractivity contribution in [2.24, 2.45) is 7.05 Å². The molecule has 2 N–H and O–H groups in total. The monoisotopic (exact) mass is 488 g/mol. The summed E-state index contributed by atoms with van der Waals surface area (Å²) in [5.41, 5.74) is 1.33. The number of fused-ring (bicyclic) bond motifs is 1. The number of aromatic nitrogens is 6. The highest BCUT2D eigenvalue weighted by molar-refractivity contribution is 7.82. The molecule has 12 heteroatoms. The van der Waals surface area contributed by atoms with Crippen LogP contribution in [0.4, 0.5) is 5.95 Å². The third-order valence-corrected chi connectivity index (χ3v) is 8.29. The highest BCUT2D eigenvalue weighted by Crippen LogP contribution is 2.31. The van der Waals surface area contributed by atoms with Gasteiger partial charge in [0.2, 0.25) is 5.95 Å². The van der Waals surface area contributed by atoms with E-state index < -0.39 is 11.0 Å². The fraction of sp³-hybridized carbons (Fsp3) is 0.636. The number of nitrogens with one attached hydrogen (secondary N) is 1. The summed E-state index contributed by atoms with van der Waals surface area (Å²) < 4.78 is 20.0. The molecule has 11 nitrogen and oxygen atoms in total. The van der Waals surface area contributed by atoms with Crippen molar-refractivity contribution in [3.05, 3.63) is 29.1 Å². The Morgan fingerprint density at radius 3 is 2.62 bits per heavy atom. The molecule has 1 unspecified atom stereocenters. The maximum absolute atomic E-state index is 13.2. The largest absolute Gasteiger partial charge is 0.396 e. The van der Waals surface area contributed by atoms with Crippen LogP contribution < -0.4 is 11.0 Å². The van der Waals surface area contributed by atoms with E-state index in [2.05, 4.69) is 15.4 Å². The molecule has 1 saturated carbocycles. The summed E-state index contributed by atoms with van der Waals surface area (Å²) in [7, 11) is 0.616. The zero-order chi connectivity index (χ0) is 23.7. The molecule has 3 aromatic rings. The van der Waals surface area contributed by atoms with Gasteiger partial charge in [0, 0.05) is 51.6 Å². The van der Waals surface area contributed by atoms with Crippen LogP contribution >= 0.6 is 0 Å². The molecule has 2 fully saturated rings. The van der Waals surface area contributed by atoms with Crippen LogP contribution in [0.1, 0.15) is 51.0 Å². The SMILES string of the molecule is Cn1cc(S(=O)N2CCC(Nc3ncc4c(n3)n(C3CCCC3)c(=O)n4CCCO)CC2)cn1. The van der Waals surface area contributed by atoms with Gasteiger partial charge in [-0.1, -0.05) is 12.8 Å². The molecule has 1 aliphatic carbocycles. The van der Waals surface area contributed by atoms with Crippen molar-refractivity contribution in [2.75, 3.05) is 25.0 Å². The molecule has 0 radical (unpaired) electrons. The van der Waals surface area contributed by atoms with Gasteiger partial charge in [-0.2, -0.15) is 10.1 Å². The van der Waals surface area contributed by atoms with Gasteiger partial charge in [0.1, 0.15) is 16.5 Å². The molecule has 1 aliphatic heterocycles. The topological polar surface area (TPSA) is 123 Å². The number of hydrogen-bond acceptors (Lipinski definition) is 7. The molecule has 1 saturated heterocycles. The molecule has 5 rings (SSSR count). The van der Waals surface area contributed by atoms with E-state index in [0.29, 0.717) is 37.7 Å². The summed E-state index contributed by atoms with van der Waals surface area (Å²) in [6.07, 6.45) is 11.5. The highest BCUT2D eigenvalue weighted by Gasteiger charge is 2.27. The van der Waals surface area contributed by atoms with Crippen LogP contribution in [-0.2, 0) is 24.6 Å². The van der Waals surface area contributed by atoms with Crippen molar-refractivity contribution in [3.8, 4) is 0 Å². The molecule has 184 valence electrons. The number of aliphatic hydroxyl groups excluding tert-OH is 1. The van der Waals surface area contributed by atoms with Gasteiger partial charge in [-0.25, -0.2) is 18.3 Å². The van der Waals surface area contributed by atoms with E-state index in [9.17, 15) is 14.1 Å². The summed E-state index contributed by atoms with van der Waals surface area (Å²) in [6, 6.07) is 0.335. The number of rotatable bonds is 8. The third kappa shape index (κ3) is 4.53. The first kappa shape index (κ1) is 23.2. The maximum atomic E-state index is 13.2. The Hall–Kier alpha value is -2.57. The van der Waals surface area contributed by atoms with E-state index in [1.54, 1.807) is 27.8 Å². The zero-order valence-electron chi connectivity index (χ0n) is 19.5. The van der Waals surface area contributed by atoms with Crippen molar-refractivity contribution in [3.63, 3.8) is 0 Å². The normalized spacial score (nSPS) is 19.2. The molecular formula is C22H32N8O3S. The lowest BCUT2D eigenvalue weighted by atomic mass is 10.1. The zero-order valence-corrected chi connectivity index (χ0v) is 20.3. The van der Waals surface area contributed by atoms with Gasteiger partial charge < -0.3 is 10.4 Å². The minimum absolute atomic E-state index is 0.0350. The van der Waals surface area contributed by atoms with Crippen molar-refractivity contribution in [1.29, 1.82) is 0 Å². The Morgan fingerprint density at radius 2 is 1.94 bits per heavy atom. The van der Waals surface area contributed by atoms with E-state index in [1.807, 2.05) is 15.9 Å². The van der Waals surface area contributed by atoms with E-state index in [-0.39, 0.29) is 24.4 Å². The average molecular weight is 489 g/mol. The van der Waals surface area contributed by atoms with Crippen molar-refractivity contribution in [2.45, 2.75) is 68.5 Å². The highest BCUT2D eigenvalue weighted by atomic mass is 32.2. The lowest BCUT2D eigenvalue weighted by molar-refractivity contribution is 0.279. The number of imidazole rings is 1. The van der Waals surface area contributed by atoms with E-state index in [4.69, 9.17) is 4.98 Å². The van der Waals surface area contributed by atoms with Crippen LogP contribution in [0.25, 0.3) is 11.2 Å². The minimum atomic E-state index is -1.20. The summed E-state index contributed by atoms with van der Waals surface area (Å²) >= 11 is 0. The number of aryl methyl sites for hydroxylation is 2. The summed E-state index contributed by atoms with van der Waals surface area (Å²) in [6.45, 7) is 1.89. The quantitative estimate of drug-likeness (QED) is 0.492. The average Bonchev–Trinajstić information content (AvgIpc) is 3.57. The van der Waals surface area contributed by atoms with Gasteiger partial charge in [-0.3, -0.25) is 13.8 Å². The van der Waals surface area contributed by atoms with Crippen LogP contribution in [0.3, 0.4) is 0 Å². The van der Waals surface area contributed by atoms with Crippen LogP contribution in [0.2, 0.25) is 0 Å². The lowest BCUT2D eigenvalue weighted by Crippen LogP contribution is -2.40. The Balaban J connectivity index is 1.32. The standard InChI is InChI=1S/C22H32N8O3S/c1-27-15-18(13-24-27)34(33)28-10-7-16(8-11-28)25-21-23-14-19-20(26-21)30(17-5-2-3-6-17)22(32)29(19)9-4-12-31/h13-17,31H,2-12H2,1H3,(H,23,25,26). The summed E-state index contributed by atoms with van der Waals surface area (Å²) in [4.78, 5) is 23.2. The molecule has 3 aromatic heterocycles. The third-order valence-electron chi connectivity index (χ3n) is 6.84. The number of anilines is 1. The molecule has 4 heterocycles.